The molecule has 0 aliphatic carbocycles. The Hall–Kier alpha value is -2.13. The first-order valence-electron chi connectivity index (χ1n) is 6.70. The summed E-state index contributed by atoms with van der Waals surface area (Å²) in [7, 11) is 0. The summed E-state index contributed by atoms with van der Waals surface area (Å²) in [5.41, 5.74) is 4.54. The van der Waals surface area contributed by atoms with E-state index >= 15 is 0 Å². The number of aryl methyl sites for hydroxylation is 2. The predicted molar refractivity (Wildman–Crippen MR) is 77.2 cm³/mol. The largest absolute Gasteiger partial charge is 1.00 e. The van der Waals surface area contributed by atoms with E-state index in [4.69, 9.17) is 4.52 Å². The van der Waals surface area contributed by atoms with Gasteiger partial charge in [0.25, 0.3) is 0 Å². The minimum absolute atomic E-state index is 0. The topological polar surface area (TPSA) is 29.9 Å². The second-order valence-corrected chi connectivity index (χ2v) is 4.93. The normalized spacial score (nSPS) is 10.2. The zero-order valence-corrected chi connectivity index (χ0v) is 12.8. The van der Waals surface area contributed by atoms with Crippen LogP contribution in [0.1, 0.15) is 17.0 Å². The molecule has 21 heavy (non-hydrogen) atoms. The predicted octanol–water partition coefficient (Wildman–Crippen LogP) is 0.298. The molecular formula is C17H17ClN2O. The van der Waals surface area contributed by atoms with Crippen LogP contribution in [0, 0.1) is 13.8 Å². The van der Waals surface area contributed by atoms with Gasteiger partial charge in [-0.2, -0.15) is 4.57 Å². The molecule has 0 spiro atoms. The van der Waals surface area contributed by atoms with Crippen LogP contribution in [0.5, 0.6) is 0 Å². The summed E-state index contributed by atoms with van der Waals surface area (Å²) in [6, 6.07) is 14.6. The van der Waals surface area contributed by atoms with Gasteiger partial charge in [0.15, 0.2) is 18.9 Å². The smallest absolute Gasteiger partial charge is 0.179 e. The average Bonchev–Trinajstić information content (AvgIpc) is 2.80. The van der Waals surface area contributed by atoms with Crippen LogP contribution in [0.15, 0.2) is 59.4 Å². The van der Waals surface area contributed by atoms with Crippen molar-refractivity contribution in [3.8, 4) is 11.1 Å². The molecule has 2 heterocycles. The fraction of sp³-hybridized carbons (Fsp3) is 0.176. The molecular weight excluding hydrogens is 284 g/mol. The standard InChI is InChI=1S/C17H17N2O.ClH/c1-13-17(14(2)20-18-13)12-19-10-6-9-16(11-19)15-7-4-3-5-8-15;/h3-11H,12H2,1-2H3;1H/q+1;/p-1. The highest BCUT2D eigenvalue weighted by Crippen LogP contribution is 2.17. The molecule has 3 nitrogen and oxygen atoms in total. The van der Waals surface area contributed by atoms with Gasteiger partial charge in [0.05, 0.1) is 11.3 Å². The molecule has 4 heteroatoms. The highest BCUT2D eigenvalue weighted by Gasteiger charge is 2.14. The van der Waals surface area contributed by atoms with Crippen molar-refractivity contribution in [2.75, 3.05) is 0 Å². The molecule has 0 saturated carbocycles. The number of benzene rings is 1. The highest BCUT2D eigenvalue weighted by atomic mass is 35.5. The monoisotopic (exact) mass is 300 g/mol. The van der Waals surface area contributed by atoms with E-state index in [0.29, 0.717) is 0 Å². The molecule has 0 N–H and O–H groups in total. The summed E-state index contributed by atoms with van der Waals surface area (Å²) in [6.45, 7) is 4.71. The summed E-state index contributed by atoms with van der Waals surface area (Å²) in [4.78, 5) is 0. The lowest BCUT2D eigenvalue weighted by molar-refractivity contribution is -0.688. The van der Waals surface area contributed by atoms with Gasteiger partial charge in [0.1, 0.15) is 5.76 Å². The second-order valence-electron chi connectivity index (χ2n) is 4.93. The molecule has 108 valence electrons. The third kappa shape index (κ3) is 3.31. The number of hydrogen-bond donors (Lipinski definition) is 0. The van der Waals surface area contributed by atoms with Gasteiger partial charge < -0.3 is 16.9 Å². The maximum Gasteiger partial charge on any atom is 0.179 e. The Morgan fingerprint density at radius 3 is 2.38 bits per heavy atom. The Morgan fingerprint density at radius 2 is 1.71 bits per heavy atom. The van der Waals surface area contributed by atoms with Crippen molar-refractivity contribution in [3.05, 3.63) is 71.9 Å². The van der Waals surface area contributed by atoms with Crippen molar-refractivity contribution in [2.24, 2.45) is 0 Å². The van der Waals surface area contributed by atoms with E-state index in [1.54, 1.807) is 0 Å². The molecule has 3 rings (SSSR count). The minimum Gasteiger partial charge on any atom is -1.00 e. The van der Waals surface area contributed by atoms with Gasteiger partial charge in [-0.25, -0.2) is 0 Å². The van der Waals surface area contributed by atoms with Crippen LogP contribution in [0.2, 0.25) is 0 Å². The SMILES string of the molecule is Cc1noc(C)c1C[n+]1cccc(-c2ccccc2)c1.[Cl-]. The Balaban J connectivity index is 0.00000161. The maximum absolute atomic E-state index is 5.22. The van der Waals surface area contributed by atoms with Crippen LogP contribution >= 0.6 is 0 Å². The Labute approximate surface area is 130 Å². The van der Waals surface area contributed by atoms with E-state index in [-0.39, 0.29) is 12.4 Å². The molecule has 0 aliphatic rings. The lowest BCUT2D eigenvalue weighted by Crippen LogP contribution is -3.00. The van der Waals surface area contributed by atoms with Gasteiger partial charge in [0, 0.05) is 11.6 Å². The van der Waals surface area contributed by atoms with Crippen LogP contribution in [-0.4, -0.2) is 5.16 Å². The molecule has 1 aromatic carbocycles. The van der Waals surface area contributed by atoms with Gasteiger partial charge in [-0.05, 0) is 25.5 Å². The average molecular weight is 301 g/mol. The number of hydrogen-bond acceptors (Lipinski definition) is 2. The zero-order valence-electron chi connectivity index (χ0n) is 12.1. The summed E-state index contributed by atoms with van der Waals surface area (Å²) < 4.78 is 7.38. The van der Waals surface area contributed by atoms with Gasteiger partial charge in [0.2, 0.25) is 0 Å². The van der Waals surface area contributed by atoms with E-state index in [2.05, 4.69) is 58.5 Å². The van der Waals surface area contributed by atoms with Crippen molar-refractivity contribution < 1.29 is 21.5 Å². The Bertz CT molecular complexity index is 703. The van der Waals surface area contributed by atoms with E-state index in [9.17, 15) is 0 Å². The van der Waals surface area contributed by atoms with E-state index in [1.165, 1.54) is 11.1 Å². The van der Waals surface area contributed by atoms with Crippen LogP contribution < -0.4 is 17.0 Å². The van der Waals surface area contributed by atoms with Crippen molar-refractivity contribution in [1.82, 2.24) is 5.16 Å². The van der Waals surface area contributed by atoms with Crippen molar-refractivity contribution >= 4 is 0 Å². The van der Waals surface area contributed by atoms with Crippen LogP contribution in [0.3, 0.4) is 0 Å². The van der Waals surface area contributed by atoms with E-state index < -0.39 is 0 Å². The maximum atomic E-state index is 5.22. The molecule has 0 amide bonds. The number of aromatic nitrogens is 2. The molecule has 0 atom stereocenters. The van der Waals surface area contributed by atoms with Crippen molar-refractivity contribution in [3.63, 3.8) is 0 Å². The number of rotatable bonds is 3. The van der Waals surface area contributed by atoms with Crippen LogP contribution in [0.4, 0.5) is 0 Å². The third-order valence-corrected chi connectivity index (χ3v) is 3.49. The Morgan fingerprint density at radius 1 is 1.00 bits per heavy atom. The fourth-order valence-corrected chi connectivity index (χ4v) is 2.33. The van der Waals surface area contributed by atoms with Gasteiger partial charge in [-0.3, -0.25) is 0 Å². The van der Waals surface area contributed by atoms with E-state index in [1.807, 2.05) is 19.9 Å². The summed E-state index contributed by atoms with van der Waals surface area (Å²) in [5, 5.41) is 4.00. The van der Waals surface area contributed by atoms with Crippen LogP contribution in [-0.2, 0) is 6.54 Å². The first kappa shape index (κ1) is 15.3. The van der Waals surface area contributed by atoms with E-state index in [0.717, 1.165) is 23.6 Å². The van der Waals surface area contributed by atoms with Crippen molar-refractivity contribution in [2.45, 2.75) is 20.4 Å². The lowest BCUT2D eigenvalue weighted by atomic mass is 10.1. The summed E-state index contributed by atoms with van der Waals surface area (Å²) in [6.07, 6.45) is 4.22. The molecule has 2 aromatic heterocycles. The molecule has 0 bridgehead atoms. The summed E-state index contributed by atoms with van der Waals surface area (Å²) in [5.74, 6) is 0.889. The Kier molecular flexibility index (Phi) is 4.76. The number of nitrogens with zero attached hydrogens (tertiary/aromatic N) is 2. The van der Waals surface area contributed by atoms with Gasteiger partial charge in [-0.15, -0.1) is 0 Å². The van der Waals surface area contributed by atoms with Gasteiger partial charge in [-0.1, -0.05) is 35.5 Å². The van der Waals surface area contributed by atoms with Gasteiger partial charge >= 0.3 is 0 Å². The third-order valence-electron chi connectivity index (χ3n) is 3.49. The quantitative estimate of drug-likeness (QED) is 0.651. The molecule has 0 aliphatic heterocycles. The van der Waals surface area contributed by atoms with Crippen LogP contribution in [0.25, 0.3) is 11.1 Å². The first-order valence-corrected chi connectivity index (χ1v) is 6.70. The number of pyridine rings is 1. The van der Waals surface area contributed by atoms with Crippen molar-refractivity contribution in [1.29, 1.82) is 0 Å². The lowest BCUT2D eigenvalue weighted by Gasteiger charge is -2.01. The first-order chi connectivity index (χ1) is 9.74. The second kappa shape index (κ2) is 6.55. The molecule has 0 fully saturated rings. The highest BCUT2D eigenvalue weighted by molar-refractivity contribution is 5.61. The number of halogens is 1. The zero-order chi connectivity index (χ0) is 13.9. The summed E-state index contributed by atoms with van der Waals surface area (Å²) >= 11 is 0. The molecule has 0 saturated heterocycles. The fourth-order valence-electron chi connectivity index (χ4n) is 2.33. The molecule has 0 unspecified atom stereocenters. The minimum atomic E-state index is 0. The molecule has 0 radical (unpaired) electrons. The molecule has 3 aromatic rings.